The van der Waals surface area contributed by atoms with E-state index in [4.69, 9.17) is 21.1 Å². The molecule has 0 spiro atoms. The van der Waals surface area contributed by atoms with E-state index in [9.17, 15) is 24.8 Å². The van der Waals surface area contributed by atoms with Crippen LogP contribution in [-0.2, 0) is 9.47 Å². The van der Waals surface area contributed by atoms with Crippen LogP contribution in [0.25, 0.3) is 16.9 Å². The molecule has 0 aliphatic heterocycles. The minimum atomic E-state index is -0.962. The summed E-state index contributed by atoms with van der Waals surface area (Å²) in [7, 11) is 2.22. The van der Waals surface area contributed by atoms with Gasteiger partial charge in [0.1, 0.15) is 11.3 Å². The van der Waals surface area contributed by atoms with Crippen LogP contribution in [0.15, 0.2) is 36.4 Å². The van der Waals surface area contributed by atoms with Crippen LogP contribution in [0.4, 0.5) is 5.69 Å². The minimum Gasteiger partial charge on any atom is -0.502 e. The van der Waals surface area contributed by atoms with E-state index < -0.39 is 28.3 Å². The summed E-state index contributed by atoms with van der Waals surface area (Å²) in [5, 5.41) is 26.4. The Morgan fingerprint density at radius 3 is 2.32 bits per heavy atom. The largest absolute Gasteiger partial charge is 0.502 e. The predicted molar refractivity (Wildman–Crippen MR) is 110 cm³/mol. The molecule has 0 saturated heterocycles. The van der Waals surface area contributed by atoms with E-state index in [-0.39, 0.29) is 33.1 Å². The van der Waals surface area contributed by atoms with Gasteiger partial charge in [-0.2, -0.15) is 5.10 Å². The Kier molecular flexibility index (Phi) is 5.93. The number of esters is 2. The molecule has 0 saturated carbocycles. The predicted octanol–water partition coefficient (Wildman–Crippen LogP) is 3.69. The van der Waals surface area contributed by atoms with Gasteiger partial charge in [0.15, 0.2) is 5.69 Å². The first-order chi connectivity index (χ1) is 14.7. The first-order valence-corrected chi connectivity index (χ1v) is 9.12. The molecule has 0 atom stereocenters. The van der Waals surface area contributed by atoms with Gasteiger partial charge in [-0.05, 0) is 25.1 Å². The highest BCUT2D eigenvalue weighted by molar-refractivity contribution is 6.32. The summed E-state index contributed by atoms with van der Waals surface area (Å²) >= 11 is 6.15. The molecule has 1 heterocycles. The van der Waals surface area contributed by atoms with E-state index in [1.165, 1.54) is 13.0 Å². The van der Waals surface area contributed by atoms with Gasteiger partial charge in [0.25, 0.3) is 0 Å². The molecule has 1 aromatic heterocycles. The first-order valence-electron chi connectivity index (χ1n) is 8.74. The molecule has 0 aliphatic rings. The number of nitro groups is 1. The maximum absolute atomic E-state index is 12.6. The number of nitrogens with zero attached hydrogens (tertiary/aromatic N) is 3. The van der Waals surface area contributed by atoms with Crippen LogP contribution in [0.5, 0.6) is 5.75 Å². The number of aromatic nitrogens is 2. The standard InChI is InChI=1S/C20H16ClN3O7/c1-10-13(21)9-12(18(25)16(10)24(28)29)15-14(19(26)30-2)17(20(27)31-3)23(22-15)11-7-5-4-6-8-11/h4-9,25H,1-3H3. The lowest BCUT2D eigenvalue weighted by Crippen LogP contribution is -2.15. The third-order valence-corrected chi connectivity index (χ3v) is 4.95. The van der Waals surface area contributed by atoms with Crippen LogP contribution in [0.2, 0.25) is 5.02 Å². The van der Waals surface area contributed by atoms with Crippen LogP contribution in [0.3, 0.4) is 0 Å². The molecule has 31 heavy (non-hydrogen) atoms. The van der Waals surface area contributed by atoms with Crippen LogP contribution in [-0.4, -0.2) is 46.0 Å². The zero-order valence-corrected chi connectivity index (χ0v) is 17.3. The van der Waals surface area contributed by atoms with E-state index >= 15 is 0 Å². The van der Waals surface area contributed by atoms with Crippen LogP contribution >= 0.6 is 11.6 Å². The summed E-state index contributed by atoms with van der Waals surface area (Å²) in [6.07, 6.45) is 0. The molecule has 1 N–H and O–H groups in total. The summed E-state index contributed by atoms with van der Waals surface area (Å²) in [5.41, 5.74) is -1.31. The Bertz CT molecular complexity index is 1210. The number of carbonyl (C=O) groups excluding carboxylic acids is 2. The van der Waals surface area contributed by atoms with Crippen LogP contribution < -0.4 is 0 Å². The van der Waals surface area contributed by atoms with Crippen molar-refractivity contribution in [1.29, 1.82) is 0 Å². The van der Waals surface area contributed by atoms with Gasteiger partial charge < -0.3 is 14.6 Å². The lowest BCUT2D eigenvalue weighted by atomic mass is 10.0. The zero-order valence-electron chi connectivity index (χ0n) is 16.6. The number of ether oxygens (including phenoxy) is 2. The molecule has 0 aliphatic carbocycles. The van der Waals surface area contributed by atoms with E-state index in [0.29, 0.717) is 5.69 Å². The summed E-state index contributed by atoms with van der Waals surface area (Å²) < 4.78 is 10.8. The van der Waals surface area contributed by atoms with Crippen molar-refractivity contribution >= 4 is 29.2 Å². The zero-order chi connectivity index (χ0) is 22.9. The van der Waals surface area contributed by atoms with Crippen molar-refractivity contribution in [3.8, 4) is 22.7 Å². The van der Waals surface area contributed by atoms with E-state index in [2.05, 4.69) is 5.10 Å². The molecular weight excluding hydrogens is 430 g/mol. The normalized spacial score (nSPS) is 10.6. The van der Waals surface area contributed by atoms with Gasteiger partial charge in [-0.3, -0.25) is 10.1 Å². The Morgan fingerprint density at radius 2 is 1.77 bits per heavy atom. The molecule has 0 radical (unpaired) electrons. The second-order valence-electron chi connectivity index (χ2n) is 6.29. The average molecular weight is 446 g/mol. The number of phenolic OH excluding ortho intramolecular Hbond substituents is 1. The van der Waals surface area contributed by atoms with Crippen molar-refractivity contribution in [2.24, 2.45) is 0 Å². The number of nitro benzene ring substituents is 1. The van der Waals surface area contributed by atoms with Gasteiger partial charge >= 0.3 is 17.6 Å². The molecule has 10 nitrogen and oxygen atoms in total. The molecule has 0 unspecified atom stereocenters. The fourth-order valence-corrected chi connectivity index (χ4v) is 3.27. The van der Waals surface area contributed by atoms with Crippen molar-refractivity contribution in [3.05, 3.63) is 68.4 Å². The minimum absolute atomic E-state index is 0.0308. The second-order valence-corrected chi connectivity index (χ2v) is 6.70. The maximum Gasteiger partial charge on any atom is 0.357 e. The van der Waals surface area contributed by atoms with Gasteiger partial charge in [-0.15, -0.1) is 0 Å². The average Bonchev–Trinajstić information content (AvgIpc) is 3.16. The first kappa shape index (κ1) is 21.8. The summed E-state index contributed by atoms with van der Waals surface area (Å²) in [4.78, 5) is 35.9. The number of aromatic hydroxyl groups is 1. The monoisotopic (exact) mass is 445 g/mol. The van der Waals surface area contributed by atoms with Crippen molar-refractivity contribution in [2.75, 3.05) is 14.2 Å². The maximum atomic E-state index is 12.6. The van der Waals surface area contributed by atoms with Gasteiger partial charge in [0, 0.05) is 5.56 Å². The van der Waals surface area contributed by atoms with Crippen LogP contribution in [0.1, 0.15) is 26.4 Å². The lowest BCUT2D eigenvalue weighted by Gasteiger charge is -2.09. The van der Waals surface area contributed by atoms with Crippen molar-refractivity contribution in [3.63, 3.8) is 0 Å². The molecular formula is C20H16ClN3O7. The third kappa shape index (κ3) is 3.68. The Labute approximate surface area is 180 Å². The van der Waals surface area contributed by atoms with Crippen molar-refractivity contribution in [2.45, 2.75) is 6.92 Å². The molecule has 0 bridgehead atoms. The van der Waals surface area contributed by atoms with E-state index in [1.807, 2.05) is 0 Å². The third-order valence-electron chi connectivity index (χ3n) is 4.56. The topological polar surface area (TPSA) is 134 Å². The Balaban J connectivity index is 2.47. The molecule has 0 fully saturated rings. The summed E-state index contributed by atoms with van der Waals surface area (Å²) in [5.74, 6) is -2.63. The molecule has 3 aromatic rings. The number of rotatable bonds is 5. The highest BCUT2D eigenvalue weighted by Crippen LogP contribution is 2.44. The van der Waals surface area contributed by atoms with E-state index in [1.54, 1.807) is 30.3 Å². The number of hydrogen-bond donors (Lipinski definition) is 1. The van der Waals surface area contributed by atoms with Gasteiger partial charge in [0.2, 0.25) is 5.75 Å². The van der Waals surface area contributed by atoms with E-state index in [0.717, 1.165) is 18.9 Å². The fraction of sp³-hybridized carbons (Fsp3) is 0.150. The lowest BCUT2D eigenvalue weighted by molar-refractivity contribution is -0.386. The van der Waals surface area contributed by atoms with Gasteiger partial charge in [-0.25, -0.2) is 14.3 Å². The number of benzene rings is 2. The molecule has 11 heteroatoms. The number of carbonyl (C=O) groups is 2. The highest BCUT2D eigenvalue weighted by Gasteiger charge is 2.34. The van der Waals surface area contributed by atoms with Crippen LogP contribution in [0, 0.1) is 17.0 Å². The molecule has 0 amide bonds. The highest BCUT2D eigenvalue weighted by atomic mass is 35.5. The number of halogens is 1. The van der Waals surface area contributed by atoms with Crippen molar-refractivity contribution in [1.82, 2.24) is 9.78 Å². The Morgan fingerprint density at radius 1 is 1.16 bits per heavy atom. The van der Waals surface area contributed by atoms with Gasteiger partial charge in [-0.1, -0.05) is 29.8 Å². The smallest absolute Gasteiger partial charge is 0.357 e. The number of para-hydroxylation sites is 1. The molecule has 2 aromatic carbocycles. The fourth-order valence-electron chi connectivity index (χ4n) is 3.07. The summed E-state index contributed by atoms with van der Waals surface area (Å²) in [6, 6.07) is 9.57. The summed E-state index contributed by atoms with van der Waals surface area (Å²) in [6.45, 7) is 1.37. The van der Waals surface area contributed by atoms with Crippen molar-refractivity contribution < 1.29 is 29.1 Å². The number of phenols is 1. The quantitative estimate of drug-likeness (QED) is 0.357. The SMILES string of the molecule is COC(=O)c1c(-c2cc(Cl)c(C)c([N+](=O)[O-])c2O)nn(-c2ccccc2)c1C(=O)OC. The number of hydrogen-bond acceptors (Lipinski definition) is 8. The molecule has 160 valence electrons. The number of methoxy groups -OCH3 is 2. The van der Waals surface area contributed by atoms with Gasteiger partial charge in [0.05, 0.1) is 35.4 Å². The Hall–Kier alpha value is -3.92. The molecule has 3 rings (SSSR count). The second kappa shape index (κ2) is 8.44.